The van der Waals surface area contributed by atoms with Crippen molar-refractivity contribution in [3.8, 4) is 11.5 Å². The number of benzene rings is 2. The van der Waals surface area contributed by atoms with E-state index in [-0.39, 0.29) is 49.9 Å². The van der Waals surface area contributed by atoms with Gasteiger partial charge in [-0.25, -0.2) is 4.79 Å². The summed E-state index contributed by atoms with van der Waals surface area (Å²) in [5, 5.41) is 8.90. The van der Waals surface area contributed by atoms with Crippen LogP contribution in [-0.4, -0.2) is 71.8 Å². The highest BCUT2D eigenvalue weighted by Crippen LogP contribution is 2.34. The van der Waals surface area contributed by atoms with Crippen LogP contribution in [0.1, 0.15) is 75.4 Å². The Kier molecular flexibility index (Phi) is 11.4. The molecule has 234 valence electrons. The molecule has 1 unspecified atom stereocenters. The van der Waals surface area contributed by atoms with Crippen LogP contribution in [0.25, 0.3) is 0 Å². The molecule has 11 nitrogen and oxygen atoms in total. The lowest BCUT2D eigenvalue weighted by Crippen LogP contribution is -2.45. The molecule has 1 aliphatic rings. The van der Waals surface area contributed by atoms with Crippen molar-refractivity contribution >= 4 is 29.6 Å². The summed E-state index contributed by atoms with van der Waals surface area (Å²) in [5.41, 5.74) is 7.36. The Labute approximate surface area is 252 Å². The molecule has 3 rings (SSSR count). The highest BCUT2D eigenvalue weighted by atomic mass is 16.6. The minimum absolute atomic E-state index is 0.0602. The molecule has 0 radical (unpaired) electrons. The standard InChI is InChI=1S/C32H43N3O8/c1-6-41-25-10-7-8-11-26(25)42-17-16-34(31(40)43-32(3,4)5)21(2)18-22-19-23-14-15-35(27(36)12-9-13-28(37)38)29(23)24(20-22)30(33)39/h7-8,10-11,19-21H,6,9,12-18H2,1-5H3,(H2,33,39)(H,37,38). The van der Waals surface area contributed by atoms with Crippen LogP contribution in [0.3, 0.4) is 0 Å². The number of rotatable bonds is 14. The van der Waals surface area contributed by atoms with Crippen LogP contribution in [0.15, 0.2) is 36.4 Å². The maximum atomic E-state index is 13.3. The maximum Gasteiger partial charge on any atom is 0.410 e. The molecule has 2 aromatic rings. The van der Waals surface area contributed by atoms with Gasteiger partial charge in [0.25, 0.3) is 5.91 Å². The summed E-state index contributed by atoms with van der Waals surface area (Å²) in [6.07, 6.45) is 0.606. The van der Waals surface area contributed by atoms with E-state index >= 15 is 0 Å². The molecule has 11 heteroatoms. The van der Waals surface area contributed by atoms with Crippen LogP contribution < -0.4 is 20.1 Å². The summed E-state index contributed by atoms with van der Waals surface area (Å²) in [5.74, 6) is -0.679. The van der Waals surface area contributed by atoms with Gasteiger partial charge in [-0.05, 0) is 83.2 Å². The summed E-state index contributed by atoms with van der Waals surface area (Å²) in [6, 6.07) is 10.6. The molecule has 0 saturated heterocycles. The van der Waals surface area contributed by atoms with Crippen LogP contribution >= 0.6 is 0 Å². The third-order valence-electron chi connectivity index (χ3n) is 6.90. The molecular formula is C32H43N3O8. The summed E-state index contributed by atoms with van der Waals surface area (Å²) < 4.78 is 17.3. The molecule has 0 aromatic heterocycles. The second kappa shape index (κ2) is 14.8. The van der Waals surface area contributed by atoms with Crippen LogP contribution in [0, 0.1) is 0 Å². The zero-order valence-electron chi connectivity index (χ0n) is 25.7. The second-order valence-corrected chi connectivity index (χ2v) is 11.5. The smallest absolute Gasteiger partial charge is 0.410 e. The summed E-state index contributed by atoms with van der Waals surface area (Å²) >= 11 is 0. The third kappa shape index (κ3) is 9.36. The van der Waals surface area contributed by atoms with Gasteiger partial charge in [-0.2, -0.15) is 0 Å². The summed E-state index contributed by atoms with van der Waals surface area (Å²) in [6.45, 7) is 10.5. The van der Waals surface area contributed by atoms with E-state index in [1.807, 2.05) is 44.2 Å². The predicted molar refractivity (Wildman–Crippen MR) is 162 cm³/mol. The van der Waals surface area contributed by atoms with Gasteiger partial charge in [0, 0.05) is 25.4 Å². The molecule has 1 heterocycles. The number of fused-ring (bicyclic) bond motifs is 1. The zero-order chi connectivity index (χ0) is 31.7. The molecule has 0 aliphatic carbocycles. The minimum atomic E-state index is -0.964. The number of anilines is 1. The molecule has 1 aliphatic heterocycles. The monoisotopic (exact) mass is 597 g/mol. The molecule has 2 aromatic carbocycles. The highest BCUT2D eigenvalue weighted by molar-refractivity contribution is 6.06. The Hall–Kier alpha value is -4.28. The van der Waals surface area contributed by atoms with Gasteiger partial charge < -0.3 is 34.9 Å². The molecule has 3 N–H and O–H groups in total. The van der Waals surface area contributed by atoms with Crippen molar-refractivity contribution in [3.63, 3.8) is 0 Å². The van der Waals surface area contributed by atoms with Gasteiger partial charge in [-0.1, -0.05) is 18.2 Å². The summed E-state index contributed by atoms with van der Waals surface area (Å²) in [7, 11) is 0. The molecule has 0 saturated carbocycles. The first-order valence-corrected chi connectivity index (χ1v) is 14.6. The van der Waals surface area contributed by atoms with Gasteiger partial charge in [-0.3, -0.25) is 14.4 Å². The number of aliphatic carboxylic acids is 1. The fraction of sp³-hybridized carbons (Fsp3) is 0.500. The predicted octanol–water partition coefficient (Wildman–Crippen LogP) is 4.58. The largest absolute Gasteiger partial charge is 0.490 e. The first-order valence-electron chi connectivity index (χ1n) is 14.6. The Balaban J connectivity index is 1.80. The van der Waals surface area contributed by atoms with Crippen molar-refractivity contribution in [2.75, 3.05) is 31.2 Å². The SMILES string of the molecule is CCOc1ccccc1OCCN(C(=O)OC(C)(C)C)C(C)Cc1cc2c(c(C(N)=O)c1)N(C(=O)CCCC(=O)O)CC2. The van der Waals surface area contributed by atoms with Crippen LogP contribution in [0.2, 0.25) is 0 Å². The molecule has 43 heavy (non-hydrogen) atoms. The lowest BCUT2D eigenvalue weighted by molar-refractivity contribution is -0.137. The average molecular weight is 598 g/mol. The number of carbonyl (C=O) groups excluding carboxylic acids is 3. The van der Waals surface area contributed by atoms with E-state index in [9.17, 15) is 19.2 Å². The van der Waals surface area contributed by atoms with Crippen molar-refractivity contribution in [2.24, 2.45) is 5.73 Å². The van der Waals surface area contributed by atoms with Crippen LogP contribution in [0.4, 0.5) is 10.5 Å². The number of carbonyl (C=O) groups is 4. The summed E-state index contributed by atoms with van der Waals surface area (Å²) in [4.78, 5) is 52.6. The van der Waals surface area contributed by atoms with Gasteiger partial charge in [0.15, 0.2) is 11.5 Å². The van der Waals surface area contributed by atoms with E-state index in [1.165, 1.54) is 4.90 Å². The molecular weight excluding hydrogens is 554 g/mol. The van der Waals surface area contributed by atoms with Gasteiger partial charge >= 0.3 is 12.1 Å². The van der Waals surface area contributed by atoms with Gasteiger partial charge in [-0.15, -0.1) is 0 Å². The van der Waals surface area contributed by atoms with E-state index in [0.29, 0.717) is 43.2 Å². The Morgan fingerprint density at radius 3 is 2.35 bits per heavy atom. The van der Waals surface area contributed by atoms with Crippen LogP contribution in [-0.2, 0) is 27.2 Å². The quantitative estimate of drug-likeness (QED) is 0.322. The lowest BCUT2D eigenvalue weighted by Gasteiger charge is -2.32. The molecule has 0 bridgehead atoms. The van der Waals surface area contributed by atoms with E-state index in [4.69, 9.17) is 25.1 Å². The molecule has 0 spiro atoms. The number of amides is 3. The average Bonchev–Trinajstić information content (AvgIpc) is 3.34. The number of ether oxygens (including phenoxy) is 3. The Bertz CT molecular complexity index is 1320. The minimum Gasteiger partial charge on any atom is -0.490 e. The number of nitrogens with two attached hydrogens (primary N) is 1. The van der Waals surface area contributed by atoms with Crippen molar-refractivity contribution < 1.29 is 38.5 Å². The molecule has 0 fully saturated rings. The first kappa shape index (κ1) is 33.2. The molecule has 3 amide bonds. The van der Waals surface area contributed by atoms with E-state index < -0.39 is 23.6 Å². The number of carboxylic acids is 1. The van der Waals surface area contributed by atoms with Crippen molar-refractivity contribution in [3.05, 3.63) is 53.1 Å². The third-order valence-corrected chi connectivity index (χ3v) is 6.90. The lowest BCUT2D eigenvalue weighted by atomic mass is 9.97. The number of nitrogens with zero attached hydrogens (tertiary/aromatic N) is 2. The van der Waals surface area contributed by atoms with Gasteiger partial charge in [0.1, 0.15) is 12.2 Å². The zero-order valence-corrected chi connectivity index (χ0v) is 25.7. The molecule has 1 atom stereocenters. The number of primary amides is 1. The van der Waals surface area contributed by atoms with E-state index in [2.05, 4.69) is 0 Å². The van der Waals surface area contributed by atoms with E-state index in [1.54, 1.807) is 31.7 Å². The fourth-order valence-corrected chi connectivity index (χ4v) is 5.06. The van der Waals surface area contributed by atoms with Crippen molar-refractivity contribution in [2.45, 2.75) is 78.4 Å². The second-order valence-electron chi connectivity index (χ2n) is 11.5. The highest BCUT2D eigenvalue weighted by Gasteiger charge is 2.31. The van der Waals surface area contributed by atoms with Crippen molar-refractivity contribution in [1.29, 1.82) is 0 Å². The van der Waals surface area contributed by atoms with Crippen molar-refractivity contribution in [1.82, 2.24) is 4.90 Å². The Morgan fingerprint density at radius 1 is 1.07 bits per heavy atom. The fourth-order valence-electron chi connectivity index (χ4n) is 5.06. The Morgan fingerprint density at radius 2 is 1.74 bits per heavy atom. The normalized spacial score (nSPS) is 13.2. The van der Waals surface area contributed by atoms with E-state index in [0.717, 1.165) is 11.1 Å². The number of carboxylic acid groups (broad SMARTS) is 1. The number of para-hydroxylation sites is 2. The first-order chi connectivity index (χ1) is 20.3. The maximum absolute atomic E-state index is 13.3. The van der Waals surface area contributed by atoms with Gasteiger partial charge in [0.2, 0.25) is 5.91 Å². The van der Waals surface area contributed by atoms with Gasteiger partial charge in [0.05, 0.1) is 24.4 Å². The topological polar surface area (TPSA) is 149 Å². The number of hydrogen-bond donors (Lipinski definition) is 2. The number of hydrogen-bond acceptors (Lipinski definition) is 7. The van der Waals surface area contributed by atoms with Crippen LogP contribution in [0.5, 0.6) is 11.5 Å².